The number of hydrogen-bond donors (Lipinski definition) is 1. The van der Waals surface area contributed by atoms with Crippen LogP contribution in [0.1, 0.15) is 74.5 Å². The summed E-state index contributed by atoms with van der Waals surface area (Å²) in [6, 6.07) is 15.6. The number of amides is 1. The molecule has 0 bridgehead atoms. The fourth-order valence-electron chi connectivity index (χ4n) is 6.32. The minimum atomic E-state index is -0.513. The third-order valence-corrected chi connectivity index (χ3v) is 8.27. The largest absolute Gasteiger partial charge is 0.459 e. The van der Waals surface area contributed by atoms with Crippen molar-refractivity contribution >= 4 is 5.91 Å². The Bertz CT molecular complexity index is 1100. The molecule has 0 saturated heterocycles. The molecule has 0 spiro atoms. The van der Waals surface area contributed by atoms with Gasteiger partial charge in [0.25, 0.3) is 5.91 Å². The zero-order chi connectivity index (χ0) is 25.1. The number of likely N-dealkylation sites (N-methyl/N-ethyl adjacent to an activating group) is 1. The summed E-state index contributed by atoms with van der Waals surface area (Å²) in [6.45, 7) is 2.59. The van der Waals surface area contributed by atoms with E-state index in [1.165, 1.54) is 47.1 Å². The van der Waals surface area contributed by atoms with Crippen LogP contribution in [-0.2, 0) is 20.7 Å². The third-order valence-electron chi connectivity index (χ3n) is 8.27. The molecule has 192 valence electrons. The monoisotopic (exact) mass is 489 g/mol. The summed E-state index contributed by atoms with van der Waals surface area (Å²) < 4.78 is 12.3. The van der Waals surface area contributed by atoms with Gasteiger partial charge < -0.3 is 19.5 Å². The second kappa shape index (κ2) is 11.2. The highest BCUT2D eigenvalue weighted by molar-refractivity contribution is 5.92. The lowest BCUT2D eigenvalue weighted by molar-refractivity contribution is -0.170. The van der Waals surface area contributed by atoms with Crippen LogP contribution < -0.4 is 0 Å². The van der Waals surface area contributed by atoms with Crippen molar-refractivity contribution in [1.82, 2.24) is 4.90 Å². The zero-order valence-corrected chi connectivity index (χ0v) is 21.6. The van der Waals surface area contributed by atoms with E-state index in [9.17, 15) is 9.90 Å². The average molecular weight is 490 g/mol. The van der Waals surface area contributed by atoms with E-state index in [0.29, 0.717) is 18.8 Å². The molecule has 3 aliphatic rings. The van der Waals surface area contributed by atoms with E-state index in [0.717, 1.165) is 25.7 Å². The number of carbonyl (C=O) groups excluding carboxylic acids is 1. The molecule has 2 aliphatic carbocycles. The number of aliphatic hydroxyl groups is 1. The maximum Gasteiger partial charge on any atom is 0.288 e. The molecule has 0 unspecified atom stereocenters. The Labute approximate surface area is 215 Å². The van der Waals surface area contributed by atoms with Crippen molar-refractivity contribution in [3.8, 4) is 11.1 Å². The minimum Gasteiger partial charge on any atom is -0.459 e. The predicted octanol–water partition coefficient (Wildman–Crippen LogP) is 5.80. The average Bonchev–Trinajstić information content (AvgIpc) is 3.29. The first-order valence-electron chi connectivity index (χ1n) is 13.7. The van der Waals surface area contributed by atoms with Crippen molar-refractivity contribution in [2.45, 2.75) is 76.5 Å². The molecule has 36 heavy (non-hydrogen) atoms. The maximum atomic E-state index is 13.6. The van der Waals surface area contributed by atoms with Gasteiger partial charge in [-0.3, -0.25) is 4.79 Å². The SMILES string of the molecule is CCO[C@H]1OC(C(=O)N(C)C2CCCCC2)=C[C@@H](c2ccc3c(c2)Cc2ccccc2-3)[C@H]1CCCO. The van der Waals surface area contributed by atoms with E-state index in [4.69, 9.17) is 9.47 Å². The van der Waals surface area contributed by atoms with Gasteiger partial charge in [0.15, 0.2) is 5.76 Å². The first-order valence-corrected chi connectivity index (χ1v) is 13.7. The van der Waals surface area contributed by atoms with Crippen LogP contribution >= 0.6 is 0 Å². The molecular formula is C31H39NO4. The molecule has 1 heterocycles. The number of ether oxygens (including phenoxy) is 2. The fourth-order valence-corrected chi connectivity index (χ4v) is 6.32. The van der Waals surface area contributed by atoms with Crippen LogP contribution in [0.15, 0.2) is 54.3 Å². The molecule has 1 fully saturated rings. The highest BCUT2D eigenvalue weighted by Crippen LogP contribution is 2.43. The van der Waals surface area contributed by atoms with Gasteiger partial charge in [0, 0.05) is 38.1 Å². The lowest BCUT2D eigenvalue weighted by Crippen LogP contribution is -2.43. The number of aliphatic hydroxyl groups excluding tert-OH is 1. The van der Waals surface area contributed by atoms with E-state index < -0.39 is 6.29 Å². The highest BCUT2D eigenvalue weighted by atomic mass is 16.7. The molecule has 1 aliphatic heterocycles. The van der Waals surface area contributed by atoms with Gasteiger partial charge in [0.05, 0.1) is 0 Å². The first kappa shape index (κ1) is 25.0. The minimum absolute atomic E-state index is 0.0189. The van der Waals surface area contributed by atoms with Gasteiger partial charge in [-0.15, -0.1) is 0 Å². The lowest BCUT2D eigenvalue weighted by atomic mass is 9.79. The maximum absolute atomic E-state index is 13.6. The Kier molecular flexibility index (Phi) is 7.78. The Balaban J connectivity index is 1.49. The Morgan fingerprint density at radius 1 is 1.08 bits per heavy atom. The normalized spacial score (nSPS) is 23.4. The molecule has 1 amide bonds. The molecular weight excluding hydrogens is 450 g/mol. The van der Waals surface area contributed by atoms with Crippen LogP contribution in [0.25, 0.3) is 11.1 Å². The number of allylic oxidation sites excluding steroid dienone is 1. The van der Waals surface area contributed by atoms with Gasteiger partial charge in [-0.25, -0.2) is 0 Å². The third kappa shape index (κ3) is 4.96. The van der Waals surface area contributed by atoms with Gasteiger partial charge in [-0.2, -0.15) is 0 Å². The standard InChI is InChI=1S/C31H39NO4/c1-3-35-31-27(14-9-17-33)28(20-29(36-31)30(34)32(2)24-11-5-4-6-12-24)22-15-16-26-23(19-22)18-21-10-7-8-13-25(21)26/h7-8,10,13,15-16,19-20,24,27-28,31,33H,3-6,9,11-12,14,17-18H2,1-2H3/t27-,28+,31+/m1/s1. The fraction of sp³-hybridized carbons (Fsp3) is 0.516. The Morgan fingerprint density at radius 3 is 2.64 bits per heavy atom. The first-order chi connectivity index (χ1) is 17.6. The molecule has 2 aromatic rings. The van der Waals surface area contributed by atoms with Gasteiger partial charge in [0.2, 0.25) is 6.29 Å². The van der Waals surface area contributed by atoms with Gasteiger partial charge >= 0.3 is 0 Å². The van der Waals surface area contributed by atoms with Crippen LogP contribution in [0.4, 0.5) is 0 Å². The molecule has 1 saturated carbocycles. The molecule has 5 heteroatoms. The van der Waals surface area contributed by atoms with E-state index in [-0.39, 0.29) is 30.4 Å². The second-order valence-corrected chi connectivity index (χ2v) is 10.5. The van der Waals surface area contributed by atoms with Crippen LogP contribution in [0.5, 0.6) is 0 Å². The molecule has 0 radical (unpaired) electrons. The van der Waals surface area contributed by atoms with Gasteiger partial charge in [-0.05, 0) is 72.9 Å². The summed E-state index contributed by atoms with van der Waals surface area (Å²) in [6.07, 6.45) is 9.59. The Morgan fingerprint density at radius 2 is 1.86 bits per heavy atom. The zero-order valence-electron chi connectivity index (χ0n) is 21.6. The molecule has 2 aromatic carbocycles. The van der Waals surface area contributed by atoms with E-state index >= 15 is 0 Å². The van der Waals surface area contributed by atoms with Crippen LogP contribution in [0.2, 0.25) is 0 Å². The van der Waals surface area contributed by atoms with Crippen molar-refractivity contribution in [2.75, 3.05) is 20.3 Å². The summed E-state index contributed by atoms with van der Waals surface area (Å²) >= 11 is 0. The predicted molar refractivity (Wildman–Crippen MR) is 141 cm³/mol. The van der Waals surface area contributed by atoms with Gasteiger partial charge in [-0.1, -0.05) is 61.7 Å². The molecule has 3 atom stereocenters. The van der Waals surface area contributed by atoms with Crippen LogP contribution in [0.3, 0.4) is 0 Å². The number of rotatable bonds is 8. The van der Waals surface area contributed by atoms with Crippen molar-refractivity contribution < 1.29 is 19.4 Å². The quantitative estimate of drug-likeness (QED) is 0.435. The summed E-state index contributed by atoms with van der Waals surface area (Å²) in [5.74, 6) is 0.353. The number of carbonyl (C=O) groups is 1. The van der Waals surface area contributed by atoms with Crippen molar-refractivity contribution in [3.63, 3.8) is 0 Å². The highest BCUT2D eigenvalue weighted by Gasteiger charge is 2.39. The van der Waals surface area contributed by atoms with Crippen LogP contribution in [0, 0.1) is 5.92 Å². The smallest absolute Gasteiger partial charge is 0.288 e. The van der Waals surface area contributed by atoms with Crippen LogP contribution in [-0.4, -0.2) is 48.5 Å². The number of fused-ring (bicyclic) bond motifs is 3. The molecule has 0 aromatic heterocycles. The molecule has 5 rings (SSSR count). The number of nitrogens with zero attached hydrogens (tertiary/aromatic N) is 1. The van der Waals surface area contributed by atoms with E-state index in [1.807, 2.05) is 24.9 Å². The van der Waals surface area contributed by atoms with Crippen molar-refractivity contribution in [3.05, 3.63) is 71.0 Å². The second-order valence-electron chi connectivity index (χ2n) is 10.5. The summed E-state index contributed by atoms with van der Waals surface area (Å²) in [5.41, 5.74) is 6.49. The summed E-state index contributed by atoms with van der Waals surface area (Å²) in [4.78, 5) is 15.5. The molecule has 5 nitrogen and oxygen atoms in total. The molecule has 1 N–H and O–H groups in total. The lowest BCUT2D eigenvalue weighted by Gasteiger charge is -2.39. The van der Waals surface area contributed by atoms with E-state index in [2.05, 4.69) is 42.5 Å². The van der Waals surface area contributed by atoms with E-state index in [1.54, 1.807) is 0 Å². The summed E-state index contributed by atoms with van der Waals surface area (Å²) in [7, 11) is 1.91. The topological polar surface area (TPSA) is 59.0 Å². The summed E-state index contributed by atoms with van der Waals surface area (Å²) in [5, 5.41) is 9.60. The Hall–Kier alpha value is -2.63. The van der Waals surface area contributed by atoms with Crippen molar-refractivity contribution in [2.24, 2.45) is 5.92 Å². The number of hydrogen-bond acceptors (Lipinski definition) is 4. The number of benzene rings is 2. The van der Waals surface area contributed by atoms with Crippen molar-refractivity contribution in [1.29, 1.82) is 0 Å². The van der Waals surface area contributed by atoms with Gasteiger partial charge in [0.1, 0.15) is 0 Å².